The Hall–Kier alpha value is -0.580. The van der Waals surface area contributed by atoms with Crippen molar-refractivity contribution in [2.24, 2.45) is 0 Å². The third-order valence-electron chi connectivity index (χ3n) is 2.74. The van der Waals surface area contributed by atoms with Crippen molar-refractivity contribution in [3.63, 3.8) is 0 Å². The van der Waals surface area contributed by atoms with Crippen molar-refractivity contribution >= 4 is 28.5 Å². The predicted molar refractivity (Wildman–Crippen MR) is 80.9 cm³/mol. The van der Waals surface area contributed by atoms with Crippen LogP contribution < -0.4 is 5.32 Å². The van der Waals surface area contributed by atoms with Gasteiger partial charge in [0.1, 0.15) is 0 Å². The minimum Gasteiger partial charge on any atom is -0.352 e. The first kappa shape index (κ1) is 14.5. The summed E-state index contributed by atoms with van der Waals surface area (Å²) in [7, 11) is 0. The Morgan fingerprint density at radius 3 is 2.71 bits per heavy atom. The largest absolute Gasteiger partial charge is 0.352 e. The normalized spacial score (nSPS) is 10.2. The second-order valence-corrected chi connectivity index (χ2v) is 5.09. The van der Waals surface area contributed by atoms with Gasteiger partial charge in [-0.1, -0.05) is 54.1 Å². The fourth-order valence-corrected chi connectivity index (χ4v) is 2.28. The summed E-state index contributed by atoms with van der Waals surface area (Å²) in [5.41, 5.74) is 1.95. The van der Waals surface area contributed by atoms with Crippen LogP contribution in [0.2, 0.25) is 0 Å². The van der Waals surface area contributed by atoms with E-state index in [1.54, 1.807) is 0 Å². The van der Waals surface area contributed by atoms with E-state index < -0.39 is 0 Å². The molecule has 0 aliphatic heterocycles. The molecule has 0 bridgehead atoms. The van der Waals surface area contributed by atoms with Crippen LogP contribution in [0.4, 0.5) is 0 Å². The standard InChI is InChI=1S/C14H20INO/c1-2-12-8-4-5-9-13(12)14(17)16-11-7-3-6-10-15/h4-5,8-9H,2-3,6-7,10-11H2,1H3,(H,16,17). The first-order valence-corrected chi connectivity index (χ1v) is 7.74. The smallest absolute Gasteiger partial charge is 0.251 e. The SMILES string of the molecule is CCc1ccccc1C(=O)NCCCCCI. The molecule has 17 heavy (non-hydrogen) atoms. The summed E-state index contributed by atoms with van der Waals surface area (Å²) in [4.78, 5) is 11.9. The fourth-order valence-electron chi connectivity index (χ4n) is 1.74. The summed E-state index contributed by atoms with van der Waals surface area (Å²) in [5, 5.41) is 2.99. The quantitative estimate of drug-likeness (QED) is 0.457. The van der Waals surface area contributed by atoms with E-state index in [9.17, 15) is 4.79 Å². The van der Waals surface area contributed by atoms with Gasteiger partial charge in [0.25, 0.3) is 5.91 Å². The molecular formula is C14H20INO. The molecule has 0 heterocycles. The van der Waals surface area contributed by atoms with Gasteiger partial charge in [-0.05, 0) is 35.3 Å². The van der Waals surface area contributed by atoms with Gasteiger partial charge < -0.3 is 5.32 Å². The molecule has 0 saturated heterocycles. The topological polar surface area (TPSA) is 29.1 Å². The molecule has 3 heteroatoms. The highest BCUT2D eigenvalue weighted by Gasteiger charge is 2.08. The summed E-state index contributed by atoms with van der Waals surface area (Å²) >= 11 is 2.38. The Kier molecular flexibility index (Phi) is 7.24. The lowest BCUT2D eigenvalue weighted by atomic mass is 10.0. The monoisotopic (exact) mass is 345 g/mol. The van der Waals surface area contributed by atoms with Gasteiger partial charge in [-0.15, -0.1) is 0 Å². The van der Waals surface area contributed by atoms with Crippen molar-refractivity contribution in [3.8, 4) is 0 Å². The van der Waals surface area contributed by atoms with Crippen LogP contribution in [-0.4, -0.2) is 16.9 Å². The molecule has 2 nitrogen and oxygen atoms in total. The number of benzene rings is 1. The summed E-state index contributed by atoms with van der Waals surface area (Å²) in [6.07, 6.45) is 4.40. The van der Waals surface area contributed by atoms with E-state index in [0.717, 1.165) is 30.5 Å². The van der Waals surface area contributed by atoms with E-state index in [-0.39, 0.29) is 5.91 Å². The van der Waals surface area contributed by atoms with Gasteiger partial charge in [0.2, 0.25) is 0 Å². The summed E-state index contributed by atoms with van der Waals surface area (Å²) in [6.45, 7) is 2.86. The molecule has 0 aliphatic carbocycles. The fraction of sp³-hybridized carbons (Fsp3) is 0.500. The van der Waals surface area contributed by atoms with Crippen molar-refractivity contribution < 1.29 is 4.79 Å². The van der Waals surface area contributed by atoms with Crippen LogP contribution in [0, 0.1) is 0 Å². The predicted octanol–water partition coefficient (Wildman–Crippen LogP) is 3.58. The van der Waals surface area contributed by atoms with Crippen LogP contribution in [0.3, 0.4) is 0 Å². The van der Waals surface area contributed by atoms with E-state index in [4.69, 9.17) is 0 Å². The molecule has 1 rings (SSSR count). The Labute approximate surface area is 117 Å². The van der Waals surface area contributed by atoms with Gasteiger partial charge >= 0.3 is 0 Å². The highest BCUT2D eigenvalue weighted by molar-refractivity contribution is 14.1. The number of unbranched alkanes of at least 4 members (excludes halogenated alkanes) is 2. The third kappa shape index (κ3) is 5.06. The van der Waals surface area contributed by atoms with Gasteiger partial charge in [-0.25, -0.2) is 0 Å². The molecule has 0 aromatic heterocycles. The molecule has 1 N–H and O–H groups in total. The van der Waals surface area contributed by atoms with Crippen LogP contribution in [0.5, 0.6) is 0 Å². The Morgan fingerprint density at radius 2 is 2.00 bits per heavy atom. The number of nitrogens with one attached hydrogen (secondary N) is 1. The Bertz CT molecular complexity index is 352. The second-order valence-electron chi connectivity index (χ2n) is 4.02. The summed E-state index contributed by atoms with van der Waals surface area (Å²) < 4.78 is 1.20. The maximum absolute atomic E-state index is 11.9. The Morgan fingerprint density at radius 1 is 1.24 bits per heavy atom. The maximum atomic E-state index is 11.9. The number of carbonyl (C=O) groups is 1. The zero-order valence-corrected chi connectivity index (χ0v) is 12.5. The minimum atomic E-state index is 0.0666. The molecule has 1 amide bonds. The molecule has 0 aliphatic rings. The van der Waals surface area contributed by atoms with Gasteiger partial charge in [-0.3, -0.25) is 4.79 Å². The molecule has 94 valence electrons. The van der Waals surface area contributed by atoms with E-state index >= 15 is 0 Å². The van der Waals surface area contributed by atoms with Gasteiger partial charge in [0.05, 0.1) is 0 Å². The maximum Gasteiger partial charge on any atom is 0.251 e. The van der Waals surface area contributed by atoms with E-state index in [0.29, 0.717) is 0 Å². The highest BCUT2D eigenvalue weighted by Crippen LogP contribution is 2.09. The van der Waals surface area contributed by atoms with Crippen LogP contribution >= 0.6 is 22.6 Å². The Balaban J connectivity index is 2.41. The molecule has 0 saturated carbocycles. The number of alkyl halides is 1. The average Bonchev–Trinajstić information content (AvgIpc) is 2.38. The molecule has 0 spiro atoms. The first-order valence-electron chi connectivity index (χ1n) is 6.21. The van der Waals surface area contributed by atoms with E-state index in [1.165, 1.54) is 17.3 Å². The first-order chi connectivity index (χ1) is 8.29. The number of rotatable bonds is 7. The van der Waals surface area contributed by atoms with E-state index in [2.05, 4.69) is 34.8 Å². The molecule has 0 atom stereocenters. The summed E-state index contributed by atoms with van der Waals surface area (Å²) in [6, 6.07) is 7.82. The van der Waals surface area contributed by atoms with Crippen molar-refractivity contribution in [3.05, 3.63) is 35.4 Å². The number of halogens is 1. The van der Waals surface area contributed by atoms with Crippen molar-refractivity contribution in [1.29, 1.82) is 0 Å². The molecule has 0 unspecified atom stereocenters. The van der Waals surface area contributed by atoms with Crippen LogP contribution in [0.25, 0.3) is 0 Å². The number of hydrogen-bond donors (Lipinski definition) is 1. The minimum absolute atomic E-state index is 0.0666. The number of carbonyl (C=O) groups excluding carboxylic acids is 1. The molecule has 1 aromatic carbocycles. The summed E-state index contributed by atoms with van der Waals surface area (Å²) in [5.74, 6) is 0.0666. The van der Waals surface area contributed by atoms with Crippen LogP contribution in [0.1, 0.15) is 42.1 Å². The lowest BCUT2D eigenvalue weighted by Crippen LogP contribution is -2.25. The molecular weight excluding hydrogens is 325 g/mol. The van der Waals surface area contributed by atoms with Crippen molar-refractivity contribution in [1.82, 2.24) is 5.32 Å². The zero-order valence-electron chi connectivity index (χ0n) is 10.3. The van der Waals surface area contributed by atoms with Gasteiger partial charge in [0, 0.05) is 12.1 Å². The van der Waals surface area contributed by atoms with E-state index in [1.807, 2.05) is 24.3 Å². The molecule has 0 fully saturated rings. The van der Waals surface area contributed by atoms with Gasteiger partial charge in [-0.2, -0.15) is 0 Å². The highest BCUT2D eigenvalue weighted by atomic mass is 127. The second kappa shape index (κ2) is 8.50. The molecule has 0 radical (unpaired) electrons. The third-order valence-corrected chi connectivity index (χ3v) is 3.50. The number of aryl methyl sites for hydroxylation is 1. The van der Waals surface area contributed by atoms with Crippen molar-refractivity contribution in [2.45, 2.75) is 32.6 Å². The number of amides is 1. The van der Waals surface area contributed by atoms with Crippen molar-refractivity contribution in [2.75, 3.05) is 11.0 Å². The lowest BCUT2D eigenvalue weighted by molar-refractivity contribution is 0.0952. The molecule has 1 aromatic rings. The van der Waals surface area contributed by atoms with Crippen LogP contribution in [-0.2, 0) is 6.42 Å². The van der Waals surface area contributed by atoms with Crippen LogP contribution in [0.15, 0.2) is 24.3 Å². The average molecular weight is 345 g/mol. The zero-order chi connectivity index (χ0) is 12.5. The van der Waals surface area contributed by atoms with Gasteiger partial charge in [0.15, 0.2) is 0 Å². The number of hydrogen-bond acceptors (Lipinski definition) is 1. The lowest BCUT2D eigenvalue weighted by Gasteiger charge is -2.08.